The van der Waals surface area contributed by atoms with Crippen LogP contribution in [0.15, 0.2) is 43.0 Å². The van der Waals surface area contributed by atoms with Crippen LogP contribution in [0.25, 0.3) is 0 Å². The number of likely N-dealkylation sites (tertiary alicyclic amines) is 2. The first-order chi connectivity index (χ1) is 13.7. The van der Waals surface area contributed by atoms with Crippen LogP contribution in [0.4, 0.5) is 0 Å². The number of amides is 2. The maximum Gasteiger partial charge on any atom is 0.224 e. The summed E-state index contributed by atoms with van der Waals surface area (Å²) in [6.45, 7) is 7.87. The number of nitrogens with zero attached hydrogens (tertiary/aromatic N) is 2. The molecule has 0 saturated carbocycles. The van der Waals surface area contributed by atoms with Gasteiger partial charge in [0, 0.05) is 38.6 Å². The zero-order valence-electron chi connectivity index (χ0n) is 16.8. The van der Waals surface area contributed by atoms with E-state index < -0.39 is 0 Å². The fourth-order valence-corrected chi connectivity index (χ4v) is 4.35. The van der Waals surface area contributed by atoms with E-state index in [9.17, 15) is 9.59 Å². The Balaban J connectivity index is 1.44. The smallest absolute Gasteiger partial charge is 0.224 e. The number of nitrogens with one attached hydrogen (secondary N) is 1. The van der Waals surface area contributed by atoms with Gasteiger partial charge in [-0.05, 0) is 44.2 Å². The molecular weight excluding hydrogens is 350 g/mol. The van der Waals surface area contributed by atoms with E-state index in [2.05, 4.69) is 16.8 Å². The molecule has 0 spiro atoms. The van der Waals surface area contributed by atoms with Crippen LogP contribution in [0, 0.1) is 5.92 Å². The van der Waals surface area contributed by atoms with Gasteiger partial charge in [0.25, 0.3) is 0 Å². The average molecular weight is 384 g/mol. The average Bonchev–Trinajstić information content (AvgIpc) is 2.76. The largest absolute Gasteiger partial charge is 0.352 e. The van der Waals surface area contributed by atoms with Gasteiger partial charge in [-0.15, -0.1) is 6.58 Å². The van der Waals surface area contributed by atoms with E-state index in [1.807, 2.05) is 35.2 Å². The minimum Gasteiger partial charge on any atom is -0.352 e. The highest BCUT2D eigenvalue weighted by Crippen LogP contribution is 2.24. The fraction of sp³-hybridized carbons (Fsp3) is 0.565. The number of hydrogen-bond donors (Lipinski definition) is 1. The van der Waals surface area contributed by atoms with Crippen LogP contribution in [-0.4, -0.2) is 53.8 Å². The van der Waals surface area contributed by atoms with Crippen LogP contribution >= 0.6 is 0 Å². The lowest BCUT2D eigenvalue weighted by Gasteiger charge is -2.42. The topological polar surface area (TPSA) is 52.7 Å². The maximum absolute atomic E-state index is 12.6. The maximum atomic E-state index is 12.6. The van der Waals surface area contributed by atoms with E-state index in [4.69, 9.17) is 0 Å². The minimum atomic E-state index is 0.0738. The standard InChI is InChI=1S/C23H33N3O2/c1-2-3-11-22(27)25-15-12-21(13-16-25)26-14-7-10-20(18-26)23(28)24-17-19-8-5-4-6-9-19/h2,4-6,8-9,20-21H,1,3,7,10-18H2,(H,24,28)/t20-/m0/s1. The molecule has 0 radical (unpaired) electrons. The van der Waals surface area contributed by atoms with Crippen LogP contribution in [0.2, 0.25) is 0 Å². The lowest BCUT2D eigenvalue weighted by Crippen LogP contribution is -2.51. The Morgan fingerprint density at radius 1 is 1.11 bits per heavy atom. The van der Waals surface area contributed by atoms with Crippen LogP contribution < -0.4 is 5.32 Å². The van der Waals surface area contributed by atoms with E-state index in [1.54, 1.807) is 6.08 Å². The molecule has 0 aliphatic carbocycles. The third kappa shape index (κ3) is 5.68. The highest BCUT2D eigenvalue weighted by Gasteiger charge is 2.32. The summed E-state index contributed by atoms with van der Waals surface area (Å²) >= 11 is 0. The van der Waals surface area contributed by atoms with E-state index in [0.29, 0.717) is 19.0 Å². The fourth-order valence-electron chi connectivity index (χ4n) is 4.35. The third-order valence-electron chi connectivity index (χ3n) is 6.03. The van der Waals surface area contributed by atoms with Gasteiger partial charge >= 0.3 is 0 Å². The van der Waals surface area contributed by atoms with Crippen molar-refractivity contribution in [2.75, 3.05) is 26.2 Å². The van der Waals surface area contributed by atoms with Gasteiger partial charge in [0.2, 0.25) is 11.8 Å². The molecule has 2 saturated heterocycles. The number of allylic oxidation sites excluding steroid dienone is 1. The van der Waals surface area contributed by atoms with Crippen LogP contribution in [-0.2, 0) is 16.1 Å². The molecule has 2 amide bonds. The minimum absolute atomic E-state index is 0.0738. The van der Waals surface area contributed by atoms with E-state index in [0.717, 1.165) is 63.8 Å². The molecule has 2 aliphatic rings. The van der Waals surface area contributed by atoms with Gasteiger partial charge in [-0.25, -0.2) is 0 Å². The van der Waals surface area contributed by atoms with Crippen molar-refractivity contribution < 1.29 is 9.59 Å². The second-order valence-corrected chi connectivity index (χ2v) is 7.98. The molecule has 2 aliphatic heterocycles. The quantitative estimate of drug-likeness (QED) is 0.737. The van der Waals surface area contributed by atoms with Gasteiger partial charge in [-0.3, -0.25) is 14.5 Å². The van der Waals surface area contributed by atoms with Crippen molar-refractivity contribution in [3.8, 4) is 0 Å². The number of hydrogen-bond acceptors (Lipinski definition) is 3. The SMILES string of the molecule is C=CCCC(=O)N1CCC(N2CCC[C@H](C(=O)NCc3ccccc3)C2)CC1. The van der Waals surface area contributed by atoms with Gasteiger partial charge in [-0.2, -0.15) is 0 Å². The molecule has 0 unspecified atom stereocenters. The zero-order chi connectivity index (χ0) is 19.8. The molecule has 152 valence electrons. The van der Waals surface area contributed by atoms with E-state index >= 15 is 0 Å². The lowest BCUT2D eigenvalue weighted by molar-refractivity contribution is -0.132. The molecule has 2 fully saturated rings. The summed E-state index contributed by atoms with van der Waals surface area (Å²) in [6, 6.07) is 10.6. The van der Waals surface area contributed by atoms with Crippen molar-refractivity contribution in [1.82, 2.24) is 15.1 Å². The normalized spacial score (nSPS) is 21.3. The van der Waals surface area contributed by atoms with E-state index in [-0.39, 0.29) is 17.7 Å². The molecule has 28 heavy (non-hydrogen) atoms. The lowest BCUT2D eigenvalue weighted by atomic mass is 9.93. The van der Waals surface area contributed by atoms with Gasteiger partial charge in [0.05, 0.1) is 5.92 Å². The molecule has 5 nitrogen and oxygen atoms in total. The Hall–Kier alpha value is -2.14. The molecule has 1 aromatic rings. The molecule has 1 N–H and O–H groups in total. The van der Waals surface area contributed by atoms with Crippen molar-refractivity contribution in [3.05, 3.63) is 48.6 Å². The van der Waals surface area contributed by atoms with Crippen molar-refractivity contribution in [2.45, 2.75) is 51.1 Å². The van der Waals surface area contributed by atoms with Crippen molar-refractivity contribution in [2.24, 2.45) is 5.92 Å². The zero-order valence-corrected chi connectivity index (χ0v) is 16.8. The molecule has 1 aromatic carbocycles. The number of benzene rings is 1. The molecule has 5 heteroatoms. The van der Waals surface area contributed by atoms with Crippen molar-refractivity contribution >= 4 is 11.8 Å². The Morgan fingerprint density at radius 3 is 2.57 bits per heavy atom. The predicted octanol–water partition coefficient (Wildman–Crippen LogP) is 2.97. The molecule has 2 heterocycles. The Morgan fingerprint density at radius 2 is 1.86 bits per heavy atom. The van der Waals surface area contributed by atoms with E-state index in [1.165, 1.54) is 0 Å². The summed E-state index contributed by atoms with van der Waals surface area (Å²) in [4.78, 5) is 29.3. The number of piperidine rings is 2. The Kier molecular flexibility index (Phi) is 7.66. The molecule has 0 bridgehead atoms. The first-order valence-corrected chi connectivity index (χ1v) is 10.6. The Bertz CT molecular complexity index is 653. The molecule has 3 rings (SSSR count). The van der Waals surface area contributed by atoms with Crippen LogP contribution in [0.1, 0.15) is 44.1 Å². The summed E-state index contributed by atoms with van der Waals surface area (Å²) in [7, 11) is 0. The Labute approximate surface area is 168 Å². The first-order valence-electron chi connectivity index (χ1n) is 10.6. The first kappa shape index (κ1) is 20.6. The number of carbonyl (C=O) groups excluding carboxylic acids is 2. The summed E-state index contributed by atoms with van der Waals surface area (Å²) in [5.41, 5.74) is 1.14. The summed E-state index contributed by atoms with van der Waals surface area (Å²) < 4.78 is 0. The van der Waals surface area contributed by atoms with Crippen LogP contribution in [0.3, 0.4) is 0 Å². The predicted molar refractivity (Wildman–Crippen MR) is 112 cm³/mol. The van der Waals surface area contributed by atoms with Crippen LogP contribution in [0.5, 0.6) is 0 Å². The number of rotatable bonds is 7. The highest BCUT2D eigenvalue weighted by atomic mass is 16.2. The molecule has 0 aromatic heterocycles. The van der Waals surface area contributed by atoms with Crippen molar-refractivity contribution in [3.63, 3.8) is 0 Å². The van der Waals surface area contributed by atoms with Gasteiger partial charge in [0.15, 0.2) is 0 Å². The number of carbonyl (C=O) groups is 2. The summed E-state index contributed by atoms with van der Waals surface area (Å²) in [5, 5.41) is 3.11. The summed E-state index contributed by atoms with van der Waals surface area (Å²) in [6.07, 6.45) is 7.20. The van der Waals surface area contributed by atoms with Gasteiger partial charge in [0.1, 0.15) is 0 Å². The second kappa shape index (κ2) is 10.4. The molecular formula is C23H33N3O2. The third-order valence-corrected chi connectivity index (χ3v) is 6.03. The highest BCUT2D eigenvalue weighted by molar-refractivity contribution is 5.79. The van der Waals surface area contributed by atoms with Gasteiger partial charge < -0.3 is 10.2 Å². The van der Waals surface area contributed by atoms with Crippen molar-refractivity contribution in [1.29, 1.82) is 0 Å². The monoisotopic (exact) mass is 383 g/mol. The van der Waals surface area contributed by atoms with Gasteiger partial charge in [-0.1, -0.05) is 36.4 Å². The second-order valence-electron chi connectivity index (χ2n) is 7.98. The molecule has 1 atom stereocenters. The summed E-state index contributed by atoms with van der Waals surface area (Å²) in [5.74, 6) is 0.491.